The van der Waals surface area contributed by atoms with Gasteiger partial charge in [-0.15, -0.1) is 11.8 Å². The fourth-order valence-corrected chi connectivity index (χ4v) is 1.87. The second-order valence-corrected chi connectivity index (χ2v) is 4.68. The van der Waals surface area contributed by atoms with Crippen molar-refractivity contribution in [1.29, 1.82) is 0 Å². The fourth-order valence-electron chi connectivity index (χ4n) is 1.47. The minimum absolute atomic E-state index is 0.111. The first kappa shape index (κ1) is 14.1. The van der Waals surface area contributed by atoms with Gasteiger partial charge in [0.15, 0.2) is 0 Å². The van der Waals surface area contributed by atoms with Crippen LogP contribution in [0.5, 0.6) is 0 Å². The molecule has 2 N–H and O–H groups in total. The van der Waals surface area contributed by atoms with E-state index in [1.165, 1.54) is 10.5 Å². The smallest absolute Gasteiger partial charge is 0.221 e. The number of nitrogens with one attached hydrogen (secondary N) is 2. The third kappa shape index (κ3) is 5.75. The van der Waals surface area contributed by atoms with E-state index in [0.717, 1.165) is 13.0 Å². The number of hydrogen-bond acceptors (Lipinski definition) is 3. The highest BCUT2D eigenvalue weighted by Gasteiger charge is 1.99. The second kappa shape index (κ2) is 8.14. The van der Waals surface area contributed by atoms with E-state index in [0.29, 0.717) is 13.0 Å². The van der Waals surface area contributed by atoms with Crippen LogP contribution in [0.2, 0.25) is 0 Å². The van der Waals surface area contributed by atoms with E-state index in [1.54, 1.807) is 11.8 Å². The van der Waals surface area contributed by atoms with Crippen molar-refractivity contribution in [3.8, 4) is 0 Å². The van der Waals surface area contributed by atoms with Crippen LogP contribution >= 0.6 is 11.8 Å². The normalized spacial score (nSPS) is 10.2. The van der Waals surface area contributed by atoms with Gasteiger partial charge in [0, 0.05) is 24.4 Å². The highest BCUT2D eigenvalue weighted by Crippen LogP contribution is 2.14. The van der Waals surface area contributed by atoms with Crippen molar-refractivity contribution in [2.45, 2.75) is 17.7 Å². The Bertz CT molecular complexity index is 338. The van der Waals surface area contributed by atoms with Crippen molar-refractivity contribution in [3.05, 3.63) is 29.8 Å². The average molecular weight is 252 g/mol. The fraction of sp³-hybridized carbons (Fsp3) is 0.462. The number of carbonyl (C=O) groups excluding carboxylic acids is 1. The standard InChI is InChI=1S/C13H20N2OS/c1-14-9-8-13(16)15-10-7-11-3-5-12(17-2)6-4-11/h3-6,14H,7-10H2,1-2H3,(H,15,16). The van der Waals surface area contributed by atoms with Crippen LogP contribution in [0, 0.1) is 0 Å². The molecule has 1 aromatic rings. The predicted molar refractivity (Wildman–Crippen MR) is 73.5 cm³/mol. The zero-order chi connectivity index (χ0) is 12.5. The van der Waals surface area contributed by atoms with Gasteiger partial charge in [-0.3, -0.25) is 4.79 Å². The average Bonchev–Trinajstić information content (AvgIpc) is 2.37. The maximum atomic E-state index is 11.3. The van der Waals surface area contributed by atoms with Crippen molar-refractivity contribution in [1.82, 2.24) is 10.6 Å². The lowest BCUT2D eigenvalue weighted by Gasteiger charge is -2.05. The Balaban J connectivity index is 2.23. The lowest BCUT2D eigenvalue weighted by Crippen LogP contribution is -2.28. The van der Waals surface area contributed by atoms with E-state index in [9.17, 15) is 4.79 Å². The monoisotopic (exact) mass is 252 g/mol. The predicted octanol–water partition coefficient (Wildman–Crippen LogP) is 1.68. The molecule has 0 saturated heterocycles. The Morgan fingerprint density at radius 1 is 1.24 bits per heavy atom. The molecule has 0 unspecified atom stereocenters. The summed E-state index contributed by atoms with van der Waals surface area (Å²) in [6, 6.07) is 8.46. The first-order valence-electron chi connectivity index (χ1n) is 5.80. The van der Waals surface area contributed by atoms with Gasteiger partial charge in [-0.05, 0) is 37.4 Å². The molecule has 94 valence electrons. The lowest BCUT2D eigenvalue weighted by molar-refractivity contribution is -0.120. The van der Waals surface area contributed by atoms with Crippen LogP contribution in [0.3, 0.4) is 0 Å². The van der Waals surface area contributed by atoms with Gasteiger partial charge in [0.1, 0.15) is 0 Å². The van der Waals surface area contributed by atoms with Gasteiger partial charge in [-0.25, -0.2) is 0 Å². The summed E-state index contributed by atoms with van der Waals surface area (Å²) in [5.74, 6) is 0.111. The summed E-state index contributed by atoms with van der Waals surface area (Å²) in [7, 11) is 1.85. The molecule has 0 bridgehead atoms. The topological polar surface area (TPSA) is 41.1 Å². The van der Waals surface area contributed by atoms with Crippen LogP contribution in [0.1, 0.15) is 12.0 Å². The summed E-state index contributed by atoms with van der Waals surface area (Å²) in [4.78, 5) is 12.6. The summed E-state index contributed by atoms with van der Waals surface area (Å²) < 4.78 is 0. The minimum atomic E-state index is 0.111. The maximum Gasteiger partial charge on any atom is 0.221 e. The molecule has 0 atom stereocenters. The van der Waals surface area contributed by atoms with Crippen LogP contribution in [0.15, 0.2) is 29.2 Å². The van der Waals surface area contributed by atoms with E-state index >= 15 is 0 Å². The minimum Gasteiger partial charge on any atom is -0.356 e. The van der Waals surface area contributed by atoms with Gasteiger partial charge in [0.2, 0.25) is 5.91 Å². The van der Waals surface area contributed by atoms with E-state index < -0.39 is 0 Å². The molecule has 0 aliphatic heterocycles. The molecule has 0 aliphatic carbocycles. The first-order valence-corrected chi connectivity index (χ1v) is 7.03. The SMILES string of the molecule is CNCCC(=O)NCCc1ccc(SC)cc1. The summed E-state index contributed by atoms with van der Waals surface area (Å²) in [6.07, 6.45) is 3.50. The van der Waals surface area contributed by atoms with Crippen molar-refractivity contribution >= 4 is 17.7 Å². The van der Waals surface area contributed by atoms with E-state index in [4.69, 9.17) is 0 Å². The molecule has 0 radical (unpaired) electrons. The van der Waals surface area contributed by atoms with Crippen LogP contribution in [-0.2, 0) is 11.2 Å². The van der Waals surface area contributed by atoms with Crippen molar-refractivity contribution in [2.24, 2.45) is 0 Å². The lowest BCUT2D eigenvalue weighted by atomic mass is 10.1. The number of amides is 1. The van der Waals surface area contributed by atoms with E-state index in [-0.39, 0.29) is 5.91 Å². The summed E-state index contributed by atoms with van der Waals surface area (Å²) >= 11 is 1.74. The van der Waals surface area contributed by atoms with Crippen LogP contribution in [-0.4, -0.2) is 32.3 Å². The van der Waals surface area contributed by atoms with Crippen molar-refractivity contribution in [3.63, 3.8) is 0 Å². The third-order valence-corrected chi connectivity index (χ3v) is 3.24. The van der Waals surface area contributed by atoms with Gasteiger partial charge in [0.25, 0.3) is 0 Å². The molecule has 0 spiro atoms. The van der Waals surface area contributed by atoms with E-state index in [1.807, 2.05) is 7.05 Å². The maximum absolute atomic E-state index is 11.3. The molecule has 1 rings (SSSR count). The zero-order valence-electron chi connectivity index (χ0n) is 10.5. The molecule has 0 aliphatic rings. The van der Waals surface area contributed by atoms with Crippen molar-refractivity contribution < 1.29 is 4.79 Å². The van der Waals surface area contributed by atoms with Crippen LogP contribution < -0.4 is 10.6 Å². The number of benzene rings is 1. The largest absolute Gasteiger partial charge is 0.356 e. The molecule has 0 fully saturated rings. The Kier molecular flexibility index (Phi) is 6.74. The van der Waals surface area contributed by atoms with Gasteiger partial charge < -0.3 is 10.6 Å². The van der Waals surface area contributed by atoms with Gasteiger partial charge in [0.05, 0.1) is 0 Å². The van der Waals surface area contributed by atoms with Crippen LogP contribution in [0.4, 0.5) is 0 Å². The highest BCUT2D eigenvalue weighted by atomic mass is 32.2. The van der Waals surface area contributed by atoms with E-state index in [2.05, 4.69) is 41.2 Å². The van der Waals surface area contributed by atoms with Gasteiger partial charge >= 0.3 is 0 Å². The Labute approximate surface area is 107 Å². The summed E-state index contributed by atoms with van der Waals surface area (Å²) in [6.45, 7) is 1.44. The van der Waals surface area contributed by atoms with Crippen molar-refractivity contribution in [2.75, 3.05) is 26.4 Å². The molecule has 0 heterocycles. The molecule has 17 heavy (non-hydrogen) atoms. The molecular formula is C13H20N2OS. The third-order valence-electron chi connectivity index (χ3n) is 2.50. The molecule has 0 aromatic heterocycles. The molecular weight excluding hydrogens is 232 g/mol. The molecule has 4 heteroatoms. The highest BCUT2D eigenvalue weighted by molar-refractivity contribution is 7.98. The quantitative estimate of drug-likeness (QED) is 0.725. The molecule has 3 nitrogen and oxygen atoms in total. The zero-order valence-corrected chi connectivity index (χ0v) is 11.3. The molecule has 1 amide bonds. The number of hydrogen-bond donors (Lipinski definition) is 2. The molecule has 0 saturated carbocycles. The Morgan fingerprint density at radius 3 is 2.53 bits per heavy atom. The number of rotatable bonds is 7. The Hall–Kier alpha value is -1.00. The second-order valence-electron chi connectivity index (χ2n) is 3.80. The number of carbonyl (C=O) groups is 1. The Morgan fingerprint density at radius 2 is 1.94 bits per heavy atom. The summed E-state index contributed by atoms with van der Waals surface area (Å²) in [5.41, 5.74) is 1.26. The van der Waals surface area contributed by atoms with Gasteiger partial charge in [-0.1, -0.05) is 12.1 Å². The summed E-state index contributed by atoms with van der Waals surface area (Å²) in [5, 5.41) is 5.87. The number of thioether (sulfide) groups is 1. The van der Waals surface area contributed by atoms with Crippen LogP contribution in [0.25, 0.3) is 0 Å². The first-order chi connectivity index (χ1) is 8.26. The molecule has 1 aromatic carbocycles. The van der Waals surface area contributed by atoms with Gasteiger partial charge in [-0.2, -0.15) is 0 Å².